The minimum atomic E-state index is -0.653. The maximum atomic E-state index is 11.3. The van der Waals surface area contributed by atoms with E-state index in [0.29, 0.717) is 0 Å². The SMILES string of the molecule is Cc1nccnc1C(C)NCC1CCCCC1C(=O)O. The molecule has 0 aromatic carbocycles. The van der Waals surface area contributed by atoms with Gasteiger partial charge in [-0.1, -0.05) is 12.8 Å². The number of carbonyl (C=O) groups is 1. The van der Waals surface area contributed by atoms with Crippen LogP contribution in [0.25, 0.3) is 0 Å². The first-order valence-corrected chi connectivity index (χ1v) is 7.33. The van der Waals surface area contributed by atoms with Gasteiger partial charge in [-0.2, -0.15) is 0 Å². The number of carboxylic acids is 1. The molecule has 2 rings (SSSR count). The van der Waals surface area contributed by atoms with Gasteiger partial charge in [0.05, 0.1) is 17.3 Å². The summed E-state index contributed by atoms with van der Waals surface area (Å²) in [5.74, 6) is -0.632. The molecule has 5 heteroatoms. The summed E-state index contributed by atoms with van der Waals surface area (Å²) in [6, 6.07) is 0.0973. The molecule has 3 unspecified atom stereocenters. The first kappa shape index (κ1) is 14.9. The summed E-state index contributed by atoms with van der Waals surface area (Å²) in [4.78, 5) is 19.9. The van der Waals surface area contributed by atoms with Crippen molar-refractivity contribution >= 4 is 5.97 Å². The van der Waals surface area contributed by atoms with Crippen LogP contribution in [0.3, 0.4) is 0 Å². The van der Waals surface area contributed by atoms with Gasteiger partial charge in [-0.05, 0) is 39.2 Å². The number of aliphatic carboxylic acids is 1. The number of aryl methyl sites for hydroxylation is 1. The highest BCUT2D eigenvalue weighted by Crippen LogP contribution is 2.30. The fraction of sp³-hybridized carbons (Fsp3) is 0.667. The molecule has 1 aliphatic rings. The highest BCUT2D eigenvalue weighted by Gasteiger charge is 2.30. The molecule has 1 heterocycles. The molecule has 20 heavy (non-hydrogen) atoms. The number of hydrogen-bond acceptors (Lipinski definition) is 4. The van der Waals surface area contributed by atoms with E-state index < -0.39 is 5.97 Å². The van der Waals surface area contributed by atoms with Gasteiger partial charge in [0.25, 0.3) is 0 Å². The molecular weight excluding hydrogens is 254 g/mol. The Morgan fingerprint density at radius 1 is 1.40 bits per heavy atom. The molecule has 1 aromatic rings. The van der Waals surface area contributed by atoms with E-state index in [1.54, 1.807) is 12.4 Å². The zero-order valence-electron chi connectivity index (χ0n) is 12.2. The minimum Gasteiger partial charge on any atom is -0.481 e. The Kier molecular flexibility index (Phi) is 5.06. The molecule has 0 saturated heterocycles. The van der Waals surface area contributed by atoms with Crippen LogP contribution in [0.1, 0.15) is 50.0 Å². The van der Waals surface area contributed by atoms with E-state index in [-0.39, 0.29) is 17.9 Å². The molecule has 1 saturated carbocycles. The van der Waals surface area contributed by atoms with Crippen LogP contribution in [0.4, 0.5) is 0 Å². The zero-order valence-corrected chi connectivity index (χ0v) is 12.2. The van der Waals surface area contributed by atoms with Crippen LogP contribution in [0, 0.1) is 18.8 Å². The Morgan fingerprint density at radius 3 is 2.80 bits per heavy atom. The summed E-state index contributed by atoms with van der Waals surface area (Å²) in [6.45, 7) is 4.73. The second-order valence-electron chi connectivity index (χ2n) is 5.65. The predicted octanol–water partition coefficient (Wildman–Crippen LogP) is 2.33. The van der Waals surface area contributed by atoms with E-state index in [1.165, 1.54) is 0 Å². The molecule has 1 aromatic heterocycles. The Bertz CT molecular complexity index is 464. The number of rotatable bonds is 5. The van der Waals surface area contributed by atoms with E-state index >= 15 is 0 Å². The second-order valence-corrected chi connectivity index (χ2v) is 5.65. The summed E-state index contributed by atoms with van der Waals surface area (Å²) in [5, 5.41) is 12.7. The smallest absolute Gasteiger partial charge is 0.306 e. The summed E-state index contributed by atoms with van der Waals surface area (Å²) >= 11 is 0. The fourth-order valence-electron chi connectivity index (χ4n) is 3.05. The molecular formula is C15H23N3O2. The third-order valence-corrected chi connectivity index (χ3v) is 4.24. The Hall–Kier alpha value is -1.49. The van der Waals surface area contributed by atoms with Gasteiger partial charge in [-0.15, -0.1) is 0 Å². The number of nitrogens with one attached hydrogen (secondary N) is 1. The zero-order chi connectivity index (χ0) is 14.5. The maximum Gasteiger partial charge on any atom is 0.306 e. The average molecular weight is 277 g/mol. The molecule has 1 fully saturated rings. The van der Waals surface area contributed by atoms with Crippen molar-refractivity contribution in [1.82, 2.24) is 15.3 Å². The lowest BCUT2D eigenvalue weighted by atomic mass is 9.79. The summed E-state index contributed by atoms with van der Waals surface area (Å²) in [6.07, 6.45) is 7.35. The summed E-state index contributed by atoms with van der Waals surface area (Å²) in [5.41, 5.74) is 1.86. The lowest BCUT2D eigenvalue weighted by molar-refractivity contribution is -0.144. The highest BCUT2D eigenvalue weighted by atomic mass is 16.4. The second kappa shape index (κ2) is 6.79. The van der Waals surface area contributed by atoms with Crippen LogP contribution in [0.5, 0.6) is 0 Å². The van der Waals surface area contributed by atoms with Crippen molar-refractivity contribution in [2.45, 2.75) is 45.6 Å². The molecule has 110 valence electrons. The van der Waals surface area contributed by atoms with Gasteiger partial charge < -0.3 is 10.4 Å². The van der Waals surface area contributed by atoms with Gasteiger partial charge in [-0.25, -0.2) is 0 Å². The molecule has 0 aliphatic heterocycles. The van der Waals surface area contributed by atoms with Gasteiger partial charge in [0, 0.05) is 18.4 Å². The molecule has 0 radical (unpaired) electrons. The van der Waals surface area contributed by atoms with Crippen molar-refractivity contribution in [3.05, 3.63) is 23.8 Å². The Balaban J connectivity index is 1.94. The molecule has 0 amide bonds. The van der Waals surface area contributed by atoms with Crippen LogP contribution in [0.15, 0.2) is 12.4 Å². The normalized spacial score (nSPS) is 24.3. The van der Waals surface area contributed by atoms with Gasteiger partial charge in [0.15, 0.2) is 0 Å². The number of nitrogens with zero attached hydrogens (tertiary/aromatic N) is 2. The third kappa shape index (κ3) is 3.54. The fourth-order valence-corrected chi connectivity index (χ4v) is 3.05. The Labute approximate surface area is 119 Å². The molecule has 0 spiro atoms. The maximum absolute atomic E-state index is 11.3. The molecule has 0 bridgehead atoms. The summed E-state index contributed by atoms with van der Waals surface area (Å²) in [7, 11) is 0. The third-order valence-electron chi connectivity index (χ3n) is 4.24. The quantitative estimate of drug-likeness (QED) is 0.864. The van der Waals surface area contributed by atoms with Crippen molar-refractivity contribution in [2.24, 2.45) is 11.8 Å². The van der Waals surface area contributed by atoms with Crippen LogP contribution in [-0.2, 0) is 4.79 Å². The lowest BCUT2D eigenvalue weighted by Crippen LogP contribution is -2.36. The van der Waals surface area contributed by atoms with Crippen LogP contribution in [-0.4, -0.2) is 27.6 Å². The van der Waals surface area contributed by atoms with Crippen molar-refractivity contribution in [3.63, 3.8) is 0 Å². The largest absolute Gasteiger partial charge is 0.481 e. The average Bonchev–Trinajstić information content (AvgIpc) is 2.45. The molecule has 1 aliphatic carbocycles. The van der Waals surface area contributed by atoms with Crippen molar-refractivity contribution in [1.29, 1.82) is 0 Å². The lowest BCUT2D eigenvalue weighted by Gasteiger charge is -2.29. The molecule has 5 nitrogen and oxygen atoms in total. The van der Waals surface area contributed by atoms with E-state index in [4.69, 9.17) is 0 Å². The summed E-state index contributed by atoms with van der Waals surface area (Å²) < 4.78 is 0. The molecule has 3 atom stereocenters. The van der Waals surface area contributed by atoms with Crippen molar-refractivity contribution in [3.8, 4) is 0 Å². The van der Waals surface area contributed by atoms with E-state index in [1.807, 2.05) is 6.92 Å². The predicted molar refractivity (Wildman–Crippen MR) is 76.3 cm³/mol. The van der Waals surface area contributed by atoms with Crippen molar-refractivity contribution < 1.29 is 9.90 Å². The standard InChI is InChI=1S/C15H23N3O2/c1-10-14(17-8-7-16-10)11(2)18-9-12-5-3-4-6-13(12)15(19)20/h7-8,11-13,18H,3-6,9H2,1-2H3,(H,19,20). The number of carboxylic acid groups (broad SMARTS) is 1. The first-order chi connectivity index (χ1) is 9.59. The van der Waals surface area contributed by atoms with Crippen LogP contribution >= 0.6 is 0 Å². The van der Waals surface area contributed by atoms with Gasteiger partial charge in [0.1, 0.15) is 0 Å². The van der Waals surface area contributed by atoms with Gasteiger partial charge >= 0.3 is 5.97 Å². The monoisotopic (exact) mass is 277 g/mol. The number of aromatic nitrogens is 2. The minimum absolute atomic E-state index is 0.0973. The van der Waals surface area contributed by atoms with Crippen molar-refractivity contribution in [2.75, 3.05) is 6.54 Å². The van der Waals surface area contributed by atoms with Gasteiger partial charge in [0.2, 0.25) is 0 Å². The van der Waals surface area contributed by atoms with Gasteiger partial charge in [-0.3, -0.25) is 14.8 Å². The van der Waals surface area contributed by atoms with E-state index in [0.717, 1.165) is 43.6 Å². The van der Waals surface area contributed by atoms with Crippen LogP contribution in [0.2, 0.25) is 0 Å². The topological polar surface area (TPSA) is 75.1 Å². The van der Waals surface area contributed by atoms with E-state index in [2.05, 4.69) is 22.2 Å². The van der Waals surface area contributed by atoms with E-state index in [9.17, 15) is 9.90 Å². The number of hydrogen-bond donors (Lipinski definition) is 2. The first-order valence-electron chi connectivity index (χ1n) is 7.33. The highest BCUT2D eigenvalue weighted by molar-refractivity contribution is 5.70. The van der Waals surface area contributed by atoms with Crippen LogP contribution < -0.4 is 5.32 Å². The Morgan fingerprint density at radius 2 is 2.10 bits per heavy atom. The molecule has 2 N–H and O–H groups in total.